The number of thiophene rings is 1. The first-order valence-electron chi connectivity index (χ1n) is 3.73. The summed E-state index contributed by atoms with van der Waals surface area (Å²) in [5, 5.41) is 2.04. The molecule has 1 heterocycles. The molecular formula is C9H12OS. The van der Waals surface area contributed by atoms with Gasteiger partial charge in [-0.05, 0) is 24.8 Å². The molecule has 11 heavy (non-hydrogen) atoms. The number of carbonyl (C=O) groups excluding carboxylic acids is 1. The van der Waals surface area contributed by atoms with E-state index in [1.807, 2.05) is 18.4 Å². The van der Waals surface area contributed by atoms with Crippen molar-refractivity contribution in [3.63, 3.8) is 0 Å². The van der Waals surface area contributed by atoms with Crippen LogP contribution in [0.5, 0.6) is 0 Å². The Bertz CT molecular complexity index is 226. The standard InChI is InChI=1S/C9H12OS/c1-7(8(2)10)6-9-4-3-5-11-9/h3-5,7H,6H2,1-2H3/t7-/m1/s1. The van der Waals surface area contributed by atoms with Crippen molar-refractivity contribution in [2.45, 2.75) is 20.3 Å². The van der Waals surface area contributed by atoms with E-state index in [4.69, 9.17) is 0 Å². The van der Waals surface area contributed by atoms with Crippen LogP contribution in [0.15, 0.2) is 17.5 Å². The van der Waals surface area contributed by atoms with Crippen LogP contribution in [-0.2, 0) is 11.2 Å². The monoisotopic (exact) mass is 168 g/mol. The molecule has 0 fully saturated rings. The summed E-state index contributed by atoms with van der Waals surface area (Å²) in [6.45, 7) is 3.63. The molecule has 1 nitrogen and oxygen atoms in total. The van der Waals surface area contributed by atoms with Crippen LogP contribution in [0.25, 0.3) is 0 Å². The van der Waals surface area contributed by atoms with Crippen LogP contribution in [0.4, 0.5) is 0 Å². The first kappa shape index (κ1) is 8.47. The summed E-state index contributed by atoms with van der Waals surface area (Å²) in [5.41, 5.74) is 0. The lowest BCUT2D eigenvalue weighted by molar-refractivity contribution is -0.120. The molecule has 0 amide bonds. The third-order valence-corrected chi connectivity index (χ3v) is 2.68. The Balaban J connectivity index is 2.50. The van der Waals surface area contributed by atoms with Gasteiger partial charge in [-0.2, -0.15) is 0 Å². The van der Waals surface area contributed by atoms with E-state index < -0.39 is 0 Å². The van der Waals surface area contributed by atoms with Crippen molar-refractivity contribution in [3.05, 3.63) is 22.4 Å². The molecule has 0 aromatic carbocycles. The maximum Gasteiger partial charge on any atom is 0.132 e. The first-order valence-corrected chi connectivity index (χ1v) is 4.61. The van der Waals surface area contributed by atoms with Gasteiger partial charge in [0, 0.05) is 10.8 Å². The van der Waals surface area contributed by atoms with Crippen molar-refractivity contribution < 1.29 is 4.79 Å². The van der Waals surface area contributed by atoms with E-state index in [1.165, 1.54) is 4.88 Å². The Morgan fingerprint density at radius 2 is 2.45 bits per heavy atom. The van der Waals surface area contributed by atoms with Gasteiger partial charge in [-0.1, -0.05) is 13.0 Å². The van der Waals surface area contributed by atoms with E-state index in [1.54, 1.807) is 18.3 Å². The second kappa shape index (κ2) is 3.67. The molecule has 0 unspecified atom stereocenters. The fourth-order valence-electron chi connectivity index (χ4n) is 0.874. The molecule has 1 aromatic rings. The first-order chi connectivity index (χ1) is 5.20. The molecule has 1 aromatic heterocycles. The fourth-order valence-corrected chi connectivity index (χ4v) is 1.71. The van der Waals surface area contributed by atoms with Gasteiger partial charge < -0.3 is 0 Å². The number of rotatable bonds is 3. The average molecular weight is 168 g/mol. The normalized spacial score (nSPS) is 12.9. The lowest BCUT2D eigenvalue weighted by atomic mass is 10.0. The molecule has 1 rings (SSSR count). The third kappa shape index (κ3) is 2.46. The molecule has 1 atom stereocenters. The summed E-state index contributed by atoms with van der Waals surface area (Å²) in [4.78, 5) is 12.2. The number of hydrogen-bond acceptors (Lipinski definition) is 2. The molecule has 0 saturated heterocycles. The molecule has 0 aliphatic heterocycles. The highest BCUT2D eigenvalue weighted by Gasteiger charge is 2.08. The quantitative estimate of drug-likeness (QED) is 0.677. The fraction of sp³-hybridized carbons (Fsp3) is 0.444. The second-order valence-electron chi connectivity index (χ2n) is 2.80. The van der Waals surface area contributed by atoms with Crippen molar-refractivity contribution in [3.8, 4) is 0 Å². The van der Waals surface area contributed by atoms with Crippen molar-refractivity contribution >= 4 is 17.1 Å². The Labute approximate surface area is 71.1 Å². The topological polar surface area (TPSA) is 17.1 Å². The summed E-state index contributed by atoms with van der Waals surface area (Å²) in [6.07, 6.45) is 0.896. The Morgan fingerprint density at radius 3 is 2.91 bits per heavy atom. The predicted octanol–water partition coefficient (Wildman–Crippen LogP) is 2.52. The van der Waals surface area contributed by atoms with Crippen LogP contribution >= 0.6 is 11.3 Å². The van der Waals surface area contributed by atoms with Crippen LogP contribution in [0.1, 0.15) is 18.7 Å². The molecular weight excluding hydrogens is 156 g/mol. The average Bonchev–Trinajstić information content (AvgIpc) is 2.39. The van der Waals surface area contributed by atoms with Crippen LogP contribution in [-0.4, -0.2) is 5.78 Å². The number of Topliss-reactive ketones (excluding diaryl/α,β-unsaturated/α-hetero) is 1. The number of carbonyl (C=O) groups is 1. The molecule has 0 aliphatic carbocycles. The van der Waals surface area contributed by atoms with Gasteiger partial charge in [0.15, 0.2) is 0 Å². The van der Waals surface area contributed by atoms with E-state index in [0.717, 1.165) is 6.42 Å². The lowest BCUT2D eigenvalue weighted by Crippen LogP contribution is -2.08. The lowest BCUT2D eigenvalue weighted by Gasteiger charge is -2.03. The summed E-state index contributed by atoms with van der Waals surface area (Å²) in [5.74, 6) is 0.451. The summed E-state index contributed by atoms with van der Waals surface area (Å²) < 4.78 is 0. The van der Waals surface area contributed by atoms with E-state index in [2.05, 4.69) is 6.07 Å². The molecule has 0 N–H and O–H groups in total. The maximum absolute atomic E-state index is 10.9. The van der Waals surface area contributed by atoms with Crippen molar-refractivity contribution in [2.24, 2.45) is 5.92 Å². The molecule has 0 radical (unpaired) electrons. The Kier molecular flexibility index (Phi) is 2.83. The zero-order valence-corrected chi connectivity index (χ0v) is 7.65. The highest BCUT2D eigenvalue weighted by atomic mass is 32.1. The number of ketones is 1. The summed E-state index contributed by atoms with van der Waals surface area (Å²) in [6, 6.07) is 4.09. The van der Waals surface area contributed by atoms with Gasteiger partial charge in [0.2, 0.25) is 0 Å². The number of hydrogen-bond donors (Lipinski definition) is 0. The molecule has 60 valence electrons. The summed E-state index contributed by atoms with van der Waals surface area (Å²) >= 11 is 1.72. The van der Waals surface area contributed by atoms with Crippen molar-refractivity contribution in [2.75, 3.05) is 0 Å². The summed E-state index contributed by atoms with van der Waals surface area (Å²) in [7, 11) is 0. The van der Waals surface area contributed by atoms with Crippen LogP contribution in [0, 0.1) is 5.92 Å². The Hall–Kier alpha value is -0.630. The highest BCUT2D eigenvalue weighted by Crippen LogP contribution is 2.14. The Morgan fingerprint density at radius 1 is 1.73 bits per heavy atom. The van der Waals surface area contributed by atoms with Gasteiger partial charge >= 0.3 is 0 Å². The minimum Gasteiger partial charge on any atom is -0.300 e. The van der Waals surface area contributed by atoms with E-state index >= 15 is 0 Å². The highest BCUT2D eigenvalue weighted by molar-refractivity contribution is 7.09. The van der Waals surface area contributed by atoms with Crippen LogP contribution in [0.2, 0.25) is 0 Å². The zero-order valence-electron chi connectivity index (χ0n) is 6.83. The molecule has 0 spiro atoms. The SMILES string of the molecule is CC(=O)[C@H](C)Cc1cccs1. The van der Waals surface area contributed by atoms with Crippen molar-refractivity contribution in [1.82, 2.24) is 0 Å². The van der Waals surface area contributed by atoms with E-state index in [9.17, 15) is 4.79 Å². The van der Waals surface area contributed by atoms with Crippen LogP contribution < -0.4 is 0 Å². The predicted molar refractivity (Wildman–Crippen MR) is 47.9 cm³/mol. The van der Waals surface area contributed by atoms with Gasteiger partial charge in [0.25, 0.3) is 0 Å². The second-order valence-corrected chi connectivity index (χ2v) is 3.83. The van der Waals surface area contributed by atoms with Crippen LogP contribution in [0.3, 0.4) is 0 Å². The maximum atomic E-state index is 10.9. The molecule has 2 heteroatoms. The van der Waals surface area contributed by atoms with Crippen molar-refractivity contribution in [1.29, 1.82) is 0 Å². The largest absolute Gasteiger partial charge is 0.300 e. The van der Waals surface area contributed by atoms with Gasteiger partial charge in [-0.3, -0.25) is 4.79 Å². The van der Waals surface area contributed by atoms with Gasteiger partial charge in [0.1, 0.15) is 5.78 Å². The van der Waals surface area contributed by atoms with E-state index in [0.29, 0.717) is 0 Å². The third-order valence-electron chi connectivity index (χ3n) is 1.78. The van der Waals surface area contributed by atoms with Gasteiger partial charge in [-0.25, -0.2) is 0 Å². The minimum absolute atomic E-state index is 0.175. The minimum atomic E-state index is 0.175. The van der Waals surface area contributed by atoms with Gasteiger partial charge in [0.05, 0.1) is 0 Å². The van der Waals surface area contributed by atoms with Gasteiger partial charge in [-0.15, -0.1) is 11.3 Å². The molecule has 0 saturated carbocycles. The smallest absolute Gasteiger partial charge is 0.132 e. The molecule has 0 bridgehead atoms. The molecule has 0 aliphatic rings. The van der Waals surface area contributed by atoms with E-state index in [-0.39, 0.29) is 11.7 Å². The zero-order chi connectivity index (χ0) is 8.27.